The Hall–Kier alpha value is -4.21. The largest absolute Gasteiger partial charge is 0.497 e. The number of anilines is 1. The quantitative estimate of drug-likeness (QED) is 0.187. The number of piperidine rings is 1. The fourth-order valence-corrected chi connectivity index (χ4v) is 6.50. The lowest BCUT2D eigenvalue weighted by atomic mass is 10.00. The van der Waals surface area contributed by atoms with Crippen LogP contribution < -0.4 is 15.4 Å². The highest BCUT2D eigenvalue weighted by Crippen LogP contribution is 2.34. The number of aliphatic hydroxyl groups is 1. The van der Waals surface area contributed by atoms with Gasteiger partial charge in [0.15, 0.2) is 0 Å². The van der Waals surface area contributed by atoms with Crippen LogP contribution in [-0.4, -0.2) is 52.6 Å². The van der Waals surface area contributed by atoms with Crippen molar-refractivity contribution in [1.29, 1.82) is 0 Å². The number of ether oxygens (including phenoxy) is 1. The Morgan fingerprint density at radius 2 is 1.86 bits per heavy atom. The Balaban J connectivity index is 1.21. The molecule has 8 nitrogen and oxygen atoms in total. The number of amides is 2. The minimum atomic E-state index is -0.820. The molecule has 1 aromatic heterocycles. The lowest BCUT2D eigenvalue weighted by molar-refractivity contribution is 0.0611. The molecular weight excluding hydrogens is 572 g/mol. The van der Waals surface area contributed by atoms with E-state index in [0.29, 0.717) is 30.6 Å². The number of rotatable bonds is 11. The standard InChI is InChI=1S/C35H40N4O4S/c1-23-22-44-34(37-23)31-16-6-7-17-39(31)35(42)28-13-9-12-27(19-28)33(41)38-24(2)32(40)20-26-11-4-5-15-30(26)36-21-25-10-8-14-29(18-25)43-3/h4-5,8-15,18-19,22,24,31-32,36,40H,6-7,16-17,20-21H2,1-3H3,(H,38,41)/t24-,31+,32+/m0/s1. The van der Waals surface area contributed by atoms with Crippen LogP contribution in [0, 0.1) is 6.92 Å². The van der Waals surface area contributed by atoms with Gasteiger partial charge in [-0.05, 0) is 80.6 Å². The molecule has 9 heteroatoms. The van der Waals surface area contributed by atoms with Crippen LogP contribution in [0.25, 0.3) is 0 Å². The fraction of sp³-hybridized carbons (Fsp3) is 0.343. The molecule has 1 saturated heterocycles. The molecule has 0 spiro atoms. The lowest BCUT2D eigenvalue weighted by Gasteiger charge is -2.34. The number of hydrogen-bond donors (Lipinski definition) is 3. The van der Waals surface area contributed by atoms with E-state index < -0.39 is 12.1 Å². The number of aromatic nitrogens is 1. The number of aryl methyl sites for hydroxylation is 1. The maximum Gasteiger partial charge on any atom is 0.254 e. The van der Waals surface area contributed by atoms with Crippen molar-refractivity contribution in [2.24, 2.45) is 0 Å². The Morgan fingerprint density at radius 3 is 2.66 bits per heavy atom. The van der Waals surface area contributed by atoms with E-state index in [4.69, 9.17) is 4.74 Å². The van der Waals surface area contributed by atoms with Crippen LogP contribution in [0.2, 0.25) is 0 Å². The van der Waals surface area contributed by atoms with E-state index in [1.165, 1.54) is 0 Å². The minimum Gasteiger partial charge on any atom is -0.497 e. The zero-order valence-electron chi connectivity index (χ0n) is 25.5. The number of benzene rings is 3. The predicted octanol–water partition coefficient (Wildman–Crippen LogP) is 6.16. The number of likely N-dealkylation sites (tertiary alicyclic amines) is 1. The highest BCUT2D eigenvalue weighted by Gasteiger charge is 2.31. The van der Waals surface area contributed by atoms with E-state index >= 15 is 0 Å². The molecule has 0 aliphatic carbocycles. The van der Waals surface area contributed by atoms with Gasteiger partial charge in [0, 0.05) is 47.4 Å². The first kappa shape index (κ1) is 31.2. The number of nitrogens with zero attached hydrogens (tertiary/aromatic N) is 2. The molecule has 44 heavy (non-hydrogen) atoms. The summed E-state index contributed by atoms with van der Waals surface area (Å²) in [5.41, 5.74) is 4.77. The Morgan fingerprint density at radius 1 is 1.07 bits per heavy atom. The fourth-order valence-electron chi connectivity index (χ4n) is 5.55. The van der Waals surface area contributed by atoms with Crippen molar-refractivity contribution >= 4 is 28.8 Å². The summed E-state index contributed by atoms with van der Waals surface area (Å²) in [6.07, 6.45) is 2.42. The number of nitrogens with one attached hydrogen (secondary N) is 2. The van der Waals surface area contributed by atoms with Crippen molar-refractivity contribution in [1.82, 2.24) is 15.2 Å². The molecule has 2 amide bonds. The second-order valence-corrected chi connectivity index (χ2v) is 12.2. The smallest absolute Gasteiger partial charge is 0.254 e. The predicted molar refractivity (Wildman–Crippen MR) is 174 cm³/mol. The average Bonchev–Trinajstić information content (AvgIpc) is 3.50. The second kappa shape index (κ2) is 14.5. The van der Waals surface area contributed by atoms with Crippen molar-refractivity contribution in [3.8, 4) is 5.75 Å². The molecule has 3 atom stereocenters. The number of carbonyl (C=O) groups excluding carboxylic acids is 2. The first-order valence-electron chi connectivity index (χ1n) is 15.1. The number of aliphatic hydroxyl groups excluding tert-OH is 1. The summed E-state index contributed by atoms with van der Waals surface area (Å²) in [6, 6.07) is 22.0. The summed E-state index contributed by atoms with van der Waals surface area (Å²) in [4.78, 5) is 33.4. The van der Waals surface area contributed by atoms with Crippen molar-refractivity contribution in [2.75, 3.05) is 19.0 Å². The molecule has 3 N–H and O–H groups in total. The first-order valence-corrected chi connectivity index (χ1v) is 16.0. The van der Waals surface area contributed by atoms with Gasteiger partial charge in [0.1, 0.15) is 10.8 Å². The number of carbonyl (C=O) groups is 2. The van der Waals surface area contributed by atoms with E-state index in [1.54, 1.807) is 49.6 Å². The van der Waals surface area contributed by atoms with Crippen LogP contribution in [0.3, 0.4) is 0 Å². The summed E-state index contributed by atoms with van der Waals surface area (Å²) in [7, 11) is 1.65. The third kappa shape index (κ3) is 7.65. The van der Waals surface area contributed by atoms with Gasteiger partial charge < -0.3 is 25.4 Å². The molecule has 4 aromatic rings. The molecule has 0 bridgehead atoms. The number of hydrogen-bond acceptors (Lipinski definition) is 7. The van der Waals surface area contributed by atoms with E-state index in [9.17, 15) is 14.7 Å². The topological polar surface area (TPSA) is 104 Å². The van der Waals surface area contributed by atoms with Crippen LogP contribution in [0.4, 0.5) is 5.69 Å². The van der Waals surface area contributed by atoms with Gasteiger partial charge in [0.05, 0.1) is 25.3 Å². The molecular formula is C35H40N4O4S. The molecule has 3 aromatic carbocycles. The lowest BCUT2D eigenvalue weighted by Crippen LogP contribution is -2.42. The minimum absolute atomic E-state index is 0.0458. The monoisotopic (exact) mass is 612 g/mol. The molecule has 230 valence electrons. The van der Waals surface area contributed by atoms with Gasteiger partial charge >= 0.3 is 0 Å². The maximum atomic E-state index is 13.6. The maximum absolute atomic E-state index is 13.6. The normalized spacial score (nSPS) is 16.2. The summed E-state index contributed by atoms with van der Waals surface area (Å²) < 4.78 is 5.32. The van der Waals surface area contributed by atoms with Gasteiger partial charge in [0.25, 0.3) is 11.8 Å². The Kier molecular flexibility index (Phi) is 10.3. The van der Waals surface area contributed by atoms with Crippen LogP contribution >= 0.6 is 11.3 Å². The third-order valence-corrected chi connectivity index (χ3v) is 9.12. The van der Waals surface area contributed by atoms with Gasteiger partial charge in [-0.3, -0.25) is 9.59 Å². The van der Waals surface area contributed by atoms with Crippen molar-refractivity contribution in [3.63, 3.8) is 0 Å². The second-order valence-electron chi connectivity index (χ2n) is 11.3. The van der Waals surface area contributed by atoms with E-state index in [-0.39, 0.29) is 17.9 Å². The van der Waals surface area contributed by atoms with Crippen LogP contribution in [-0.2, 0) is 13.0 Å². The summed E-state index contributed by atoms with van der Waals surface area (Å²) in [5.74, 6) is 0.374. The van der Waals surface area contributed by atoms with Crippen LogP contribution in [0.5, 0.6) is 5.75 Å². The Labute approximate surface area is 263 Å². The number of para-hydroxylation sites is 1. The molecule has 0 saturated carbocycles. The average molecular weight is 613 g/mol. The van der Waals surface area contributed by atoms with Crippen molar-refractivity contribution in [3.05, 3.63) is 111 Å². The summed E-state index contributed by atoms with van der Waals surface area (Å²) in [5, 5.41) is 20.4. The number of methoxy groups -OCH3 is 1. The zero-order valence-corrected chi connectivity index (χ0v) is 26.3. The van der Waals surface area contributed by atoms with Gasteiger partial charge in [-0.25, -0.2) is 4.98 Å². The van der Waals surface area contributed by atoms with Gasteiger partial charge in [-0.15, -0.1) is 11.3 Å². The van der Waals surface area contributed by atoms with E-state index in [2.05, 4.69) is 15.6 Å². The summed E-state index contributed by atoms with van der Waals surface area (Å²) in [6.45, 7) is 5.03. The molecule has 1 aliphatic heterocycles. The SMILES string of the molecule is COc1cccc(CNc2ccccc2C[C@@H](O)[C@H](C)NC(=O)c2cccc(C(=O)N3CCCC[C@@H]3c3nc(C)cs3)c2)c1. The molecule has 0 radical (unpaired) electrons. The zero-order chi connectivity index (χ0) is 31.1. The van der Waals surface area contributed by atoms with E-state index in [1.807, 2.05) is 65.7 Å². The van der Waals surface area contributed by atoms with Gasteiger partial charge in [-0.2, -0.15) is 0 Å². The molecule has 1 fully saturated rings. The van der Waals surface area contributed by atoms with Crippen LogP contribution in [0.15, 0.2) is 78.2 Å². The summed E-state index contributed by atoms with van der Waals surface area (Å²) >= 11 is 1.59. The molecule has 0 unspecified atom stereocenters. The number of thiazole rings is 1. The molecule has 2 heterocycles. The molecule has 5 rings (SSSR count). The highest BCUT2D eigenvalue weighted by molar-refractivity contribution is 7.09. The van der Waals surface area contributed by atoms with Gasteiger partial charge in [0.2, 0.25) is 0 Å². The Bertz CT molecular complexity index is 1590. The first-order chi connectivity index (χ1) is 21.3. The van der Waals surface area contributed by atoms with E-state index in [0.717, 1.165) is 52.5 Å². The van der Waals surface area contributed by atoms with Crippen molar-refractivity contribution in [2.45, 2.75) is 64.3 Å². The highest BCUT2D eigenvalue weighted by atomic mass is 32.1. The van der Waals surface area contributed by atoms with Crippen molar-refractivity contribution < 1.29 is 19.4 Å². The van der Waals surface area contributed by atoms with Gasteiger partial charge in [-0.1, -0.05) is 36.4 Å². The molecule has 1 aliphatic rings. The third-order valence-electron chi connectivity index (χ3n) is 8.06. The van der Waals surface area contributed by atoms with Crippen LogP contribution in [0.1, 0.15) is 74.8 Å².